The van der Waals surface area contributed by atoms with Crippen LogP contribution >= 0.6 is 11.3 Å². The van der Waals surface area contributed by atoms with Crippen molar-refractivity contribution in [3.63, 3.8) is 0 Å². The van der Waals surface area contributed by atoms with Crippen LogP contribution < -0.4 is 9.47 Å². The minimum absolute atomic E-state index is 0.139. The molecule has 0 saturated carbocycles. The van der Waals surface area contributed by atoms with Gasteiger partial charge in [0.2, 0.25) is 6.79 Å². The number of nitrogens with one attached hydrogen (secondary N) is 1. The lowest BCUT2D eigenvalue weighted by Gasteiger charge is -2.36. The molecule has 0 bridgehead atoms. The number of aliphatic hydroxyl groups excluding tert-OH is 1. The Labute approximate surface area is 161 Å². The van der Waals surface area contributed by atoms with Crippen LogP contribution in [0.2, 0.25) is 0 Å². The molecular formula is C20H21N3O3S. The molecule has 140 valence electrons. The third-order valence-corrected chi connectivity index (χ3v) is 6.40. The highest BCUT2D eigenvalue weighted by Gasteiger charge is 2.30. The van der Waals surface area contributed by atoms with Gasteiger partial charge in [0.15, 0.2) is 11.5 Å². The van der Waals surface area contributed by atoms with E-state index in [4.69, 9.17) is 9.47 Å². The minimum atomic E-state index is -0.383. The molecule has 5 rings (SSSR count). The topological polar surface area (TPSA) is 70.6 Å². The van der Waals surface area contributed by atoms with Crippen LogP contribution in [-0.4, -0.2) is 46.2 Å². The number of fused-ring (bicyclic) bond motifs is 1. The van der Waals surface area contributed by atoms with Gasteiger partial charge < -0.3 is 14.6 Å². The zero-order valence-electron chi connectivity index (χ0n) is 14.8. The molecule has 2 aliphatic rings. The fourth-order valence-corrected chi connectivity index (χ4v) is 4.92. The van der Waals surface area contributed by atoms with Gasteiger partial charge in [0.1, 0.15) is 0 Å². The van der Waals surface area contributed by atoms with Crippen molar-refractivity contribution in [2.45, 2.75) is 25.0 Å². The van der Waals surface area contributed by atoms with Gasteiger partial charge in [-0.2, -0.15) is 5.10 Å². The number of hydrogen-bond donors (Lipinski definition) is 2. The first kappa shape index (κ1) is 16.8. The Balaban J connectivity index is 1.24. The van der Waals surface area contributed by atoms with Crippen LogP contribution in [0.25, 0.3) is 10.6 Å². The monoisotopic (exact) mass is 383 g/mol. The van der Waals surface area contributed by atoms with Crippen LogP contribution in [0.1, 0.15) is 22.8 Å². The predicted molar refractivity (Wildman–Crippen MR) is 103 cm³/mol. The normalized spacial score (nSPS) is 22.3. The Bertz CT molecular complexity index is 924. The third kappa shape index (κ3) is 3.34. The maximum absolute atomic E-state index is 10.8. The Morgan fingerprint density at radius 3 is 2.96 bits per heavy atom. The largest absolute Gasteiger partial charge is 0.454 e. The van der Waals surface area contributed by atoms with Crippen molar-refractivity contribution in [3.8, 4) is 22.1 Å². The first-order chi connectivity index (χ1) is 13.3. The highest BCUT2D eigenvalue weighted by Crippen LogP contribution is 2.38. The Morgan fingerprint density at radius 1 is 1.19 bits per heavy atom. The summed E-state index contributed by atoms with van der Waals surface area (Å²) in [5.74, 6) is 1.71. The smallest absolute Gasteiger partial charge is 0.231 e. The highest BCUT2D eigenvalue weighted by molar-refractivity contribution is 7.15. The Kier molecular flexibility index (Phi) is 4.35. The summed E-state index contributed by atoms with van der Waals surface area (Å²) >= 11 is 1.77. The predicted octanol–water partition coefficient (Wildman–Crippen LogP) is 3.22. The third-order valence-electron chi connectivity index (χ3n) is 5.30. The van der Waals surface area contributed by atoms with Crippen LogP contribution in [0, 0.1) is 0 Å². The SMILES string of the molecule is O[C@@H]1CN(Cc2ccc(-c3ccn[nH]3)s2)CC[C@H]1c1ccc2c(c1)OCO2. The molecule has 0 spiro atoms. The number of piperidine rings is 1. The highest BCUT2D eigenvalue weighted by atomic mass is 32.1. The number of H-pyrrole nitrogens is 1. The van der Waals surface area contributed by atoms with Crippen molar-refractivity contribution < 1.29 is 14.6 Å². The molecule has 0 unspecified atom stereocenters. The number of rotatable bonds is 4. The summed E-state index contributed by atoms with van der Waals surface area (Å²) < 4.78 is 10.9. The summed E-state index contributed by atoms with van der Waals surface area (Å²) in [5.41, 5.74) is 2.18. The summed E-state index contributed by atoms with van der Waals surface area (Å²) in [4.78, 5) is 4.82. The van der Waals surface area contributed by atoms with Crippen molar-refractivity contribution >= 4 is 11.3 Å². The molecule has 2 N–H and O–H groups in total. The van der Waals surface area contributed by atoms with E-state index in [1.54, 1.807) is 17.5 Å². The van der Waals surface area contributed by atoms with Gasteiger partial charge in [0, 0.05) is 30.1 Å². The number of nitrogens with zero attached hydrogens (tertiary/aromatic N) is 2. The quantitative estimate of drug-likeness (QED) is 0.724. The number of hydrogen-bond acceptors (Lipinski definition) is 6. The number of thiophene rings is 1. The van der Waals surface area contributed by atoms with Gasteiger partial charge in [-0.25, -0.2) is 0 Å². The van der Waals surface area contributed by atoms with Gasteiger partial charge in [0.25, 0.3) is 0 Å². The van der Waals surface area contributed by atoms with Crippen molar-refractivity contribution in [2.24, 2.45) is 0 Å². The van der Waals surface area contributed by atoms with E-state index >= 15 is 0 Å². The Morgan fingerprint density at radius 2 is 2.11 bits per heavy atom. The Hall–Kier alpha value is -2.35. The van der Waals surface area contributed by atoms with E-state index in [-0.39, 0.29) is 18.8 Å². The van der Waals surface area contributed by atoms with Crippen molar-refractivity contribution in [1.29, 1.82) is 0 Å². The lowest BCUT2D eigenvalue weighted by molar-refractivity contribution is 0.0481. The fourth-order valence-electron chi connectivity index (χ4n) is 3.89. The maximum atomic E-state index is 10.8. The number of aliphatic hydroxyl groups is 1. The summed E-state index contributed by atoms with van der Waals surface area (Å²) in [6.07, 6.45) is 2.32. The van der Waals surface area contributed by atoms with Gasteiger partial charge >= 0.3 is 0 Å². The van der Waals surface area contributed by atoms with E-state index in [2.05, 4.69) is 27.2 Å². The zero-order valence-corrected chi connectivity index (χ0v) is 15.6. The van der Waals surface area contributed by atoms with Crippen LogP contribution in [0.4, 0.5) is 0 Å². The first-order valence-electron chi connectivity index (χ1n) is 9.15. The second-order valence-electron chi connectivity index (χ2n) is 7.05. The molecule has 2 aliphatic heterocycles. The van der Waals surface area contributed by atoms with Crippen molar-refractivity contribution in [1.82, 2.24) is 15.1 Å². The van der Waals surface area contributed by atoms with Gasteiger partial charge in [-0.05, 0) is 48.9 Å². The van der Waals surface area contributed by atoms with Crippen LogP contribution in [0.15, 0.2) is 42.6 Å². The van der Waals surface area contributed by atoms with E-state index < -0.39 is 0 Å². The van der Waals surface area contributed by atoms with Gasteiger partial charge in [-0.15, -0.1) is 11.3 Å². The second-order valence-corrected chi connectivity index (χ2v) is 8.21. The van der Waals surface area contributed by atoms with Crippen molar-refractivity contribution in [2.75, 3.05) is 19.9 Å². The summed E-state index contributed by atoms with van der Waals surface area (Å²) in [6, 6.07) is 12.3. The average molecular weight is 383 g/mol. The van der Waals surface area contributed by atoms with E-state index in [9.17, 15) is 5.11 Å². The summed E-state index contributed by atoms with van der Waals surface area (Å²) in [7, 11) is 0. The summed E-state index contributed by atoms with van der Waals surface area (Å²) in [5, 5.41) is 17.8. The number of aromatic amines is 1. The molecule has 3 aromatic rings. The molecule has 2 atom stereocenters. The first-order valence-corrected chi connectivity index (χ1v) is 9.96. The molecule has 6 nitrogen and oxygen atoms in total. The molecule has 0 radical (unpaired) electrons. The van der Waals surface area contributed by atoms with Gasteiger partial charge in [-0.3, -0.25) is 10.00 Å². The number of benzene rings is 1. The fraction of sp³-hybridized carbons (Fsp3) is 0.350. The van der Waals surface area contributed by atoms with E-state index in [1.165, 1.54) is 9.75 Å². The molecule has 1 aromatic carbocycles. The van der Waals surface area contributed by atoms with Crippen LogP contribution in [0.5, 0.6) is 11.5 Å². The standard InChI is InChI=1S/C20H21N3O3S/c24-17-11-23(10-14-2-4-20(27-14)16-5-7-21-22-16)8-6-15(17)13-1-3-18-19(9-13)26-12-25-18/h1-5,7,9,15,17,24H,6,8,10-12H2,(H,21,22)/t15-,17+/m0/s1. The molecule has 1 saturated heterocycles. The number of likely N-dealkylation sites (tertiary alicyclic amines) is 1. The molecule has 0 aliphatic carbocycles. The zero-order chi connectivity index (χ0) is 18.2. The number of aromatic nitrogens is 2. The lowest BCUT2D eigenvalue weighted by Crippen LogP contribution is -2.42. The minimum Gasteiger partial charge on any atom is -0.454 e. The number of ether oxygens (including phenoxy) is 2. The molecule has 7 heteroatoms. The maximum Gasteiger partial charge on any atom is 0.231 e. The van der Waals surface area contributed by atoms with Gasteiger partial charge in [-0.1, -0.05) is 6.07 Å². The van der Waals surface area contributed by atoms with E-state index in [0.717, 1.165) is 42.3 Å². The van der Waals surface area contributed by atoms with Crippen LogP contribution in [-0.2, 0) is 6.54 Å². The van der Waals surface area contributed by atoms with E-state index in [0.29, 0.717) is 6.54 Å². The lowest BCUT2D eigenvalue weighted by atomic mass is 9.87. The second kappa shape index (κ2) is 6.99. The molecular weight excluding hydrogens is 362 g/mol. The molecule has 0 amide bonds. The molecule has 1 fully saturated rings. The van der Waals surface area contributed by atoms with Gasteiger partial charge in [0.05, 0.1) is 16.7 Å². The van der Waals surface area contributed by atoms with Crippen LogP contribution in [0.3, 0.4) is 0 Å². The van der Waals surface area contributed by atoms with E-state index in [1.807, 2.05) is 24.3 Å². The summed E-state index contributed by atoms with van der Waals surface area (Å²) in [6.45, 7) is 2.79. The molecule has 4 heterocycles. The molecule has 27 heavy (non-hydrogen) atoms. The van der Waals surface area contributed by atoms with Crippen molar-refractivity contribution in [3.05, 3.63) is 53.0 Å². The number of β-amino-alcohol motifs (C(OH)–C–C–N with tert-alkyl or cyclic N) is 1. The average Bonchev–Trinajstić information content (AvgIpc) is 3.42. The molecule has 2 aromatic heterocycles.